The fraction of sp³-hybridized carbons (Fsp3) is 0.300. The Balaban J connectivity index is 2.20. The first-order valence-electron chi connectivity index (χ1n) is 4.34. The topological polar surface area (TPSA) is 43.1 Å². The van der Waals surface area contributed by atoms with E-state index in [-0.39, 0.29) is 17.7 Å². The van der Waals surface area contributed by atoms with Gasteiger partial charge in [-0.2, -0.15) is 0 Å². The molecule has 0 spiro atoms. The van der Waals surface area contributed by atoms with Crippen LogP contribution >= 0.6 is 23.2 Å². The van der Waals surface area contributed by atoms with Crippen molar-refractivity contribution in [3.05, 3.63) is 33.8 Å². The van der Waals surface area contributed by atoms with Gasteiger partial charge >= 0.3 is 0 Å². The van der Waals surface area contributed by atoms with Gasteiger partial charge in [-0.05, 0) is 30.0 Å². The van der Waals surface area contributed by atoms with Gasteiger partial charge in [0.1, 0.15) is 0 Å². The largest absolute Gasteiger partial charge is 0.369 e. The Morgan fingerprint density at radius 3 is 2.57 bits per heavy atom. The highest BCUT2D eigenvalue weighted by molar-refractivity contribution is 6.42. The van der Waals surface area contributed by atoms with E-state index in [2.05, 4.69) is 0 Å². The first kappa shape index (κ1) is 9.81. The van der Waals surface area contributed by atoms with Crippen LogP contribution in [-0.4, -0.2) is 5.91 Å². The van der Waals surface area contributed by atoms with E-state index in [4.69, 9.17) is 28.9 Å². The first-order chi connectivity index (χ1) is 6.59. The number of halogens is 2. The lowest BCUT2D eigenvalue weighted by Crippen LogP contribution is -2.13. The van der Waals surface area contributed by atoms with Crippen LogP contribution in [0.3, 0.4) is 0 Å². The highest BCUT2D eigenvalue weighted by Crippen LogP contribution is 2.48. The van der Waals surface area contributed by atoms with E-state index in [0.29, 0.717) is 10.0 Å². The van der Waals surface area contributed by atoms with Gasteiger partial charge in [-0.25, -0.2) is 0 Å². The number of primary amides is 1. The lowest BCUT2D eigenvalue weighted by atomic mass is 10.1. The molecular weight excluding hydrogens is 221 g/mol. The lowest BCUT2D eigenvalue weighted by Gasteiger charge is -2.01. The van der Waals surface area contributed by atoms with E-state index in [0.717, 1.165) is 12.0 Å². The van der Waals surface area contributed by atoms with Gasteiger partial charge in [0.15, 0.2) is 0 Å². The summed E-state index contributed by atoms with van der Waals surface area (Å²) in [7, 11) is 0. The van der Waals surface area contributed by atoms with Crippen LogP contribution in [0, 0.1) is 5.92 Å². The molecule has 2 nitrogen and oxygen atoms in total. The summed E-state index contributed by atoms with van der Waals surface area (Å²) in [5.74, 6) is -0.0180. The Hall–Kier alpha value is -0.730. The number of hydrogen-bond donors (Lipinski definition) is 1. The number of benzene rings is 1. The molecule has 4 heteroatoms. The van der Waals surface area contributed by atoms with Crippen molar-refractivity contribution in [1.82, 2.24) is 0 Å². The van der Waals surface area contributed by atoms with Crippen LogP contribution in [0.2, 0.25) is 10.0 Å². The van der Waals surface area contributed by atoms with Gasteiger partial charge in [0.2, 0.25) is 5.91 Å². The molecule has 0 heterocycles. The summed E-state index contributed by atoms with van der Waals surface area (Å²) in [5.41, 5.74) is 6.24. The molecule has 1 aromatic rings. The predicted octanol–water partition coefficient (Wildman–Crippen LogP) is 2.58. The number of carbonyl (C=O) groups is 1. The Morgan fingerprint density at radius 2 is 2.07 bits per heavy atom. The maximum absolute atomic E-state index is 10.9. The molecule has 0 saturated heterocycles. The maximum atomic E-state index is 10.9. The van der Waals surface area contributed by atoms with Crippen LogP contribution in [0.15, 0.2) is 18.2 Å². The third-order valence-corrected chi connectivity index (χ3v) is 3.27. The van der Waals surface area contributed by atoms with Gasteiger partial charge in [0.25, 0.3) is 0 Å². The normalized spacial score (nSPS) is 24.7. The molecule has 1 aliphatic carbocycles. The zero-order chi connectivity index (χ0) is 10.3. The lowest BCUT2D eigenvalue weighted by molar-refractivity contribution is -0.119. The third-order valence-electron chi connectivity index (χ3n) is 2.53. The molecule has 2 rings (SSSR count). The zero-order valence-electron chi connectivity index (χ0n) is 7.34. The molecular formula is C10H9Cl2NO. The highest BCUT2D eigenvalue weighted by atomic mass is 35.5. The minimum Gasteiger partial charge on any atom is -0.369 e. The molecule has 1 aromatic carbocycles. The number of hydrogen-bond acceptors (Lipinski definition) is 1. The van der Waals surface area contributed by atoms with Crippen LogP contribution in [0.25, 0.3) is 0 Å². The van der Waals surface area contributed by atoms with E-state index in [1.54, 1.807) is 12.1 Å². The van der Waals surface area contributed by atoms with Crippen molar-refractivity contribution in [3.63, 3.8) is 0 Å². The monoisotopic (exact) mass is 229 g/mol. The fourth-order valence-corrected chi connectivity index (χ4v) is 1.93. The van der Waals surface area contributed by atoms with Crippen LogP contribution in [0.1, 0.15) is 17.9 Å². The van der Waals surface area contributed by atoms with Crippen molar-refractivity contribution < 1.29 is 4.79 Å². The van der Waals surface area contributed by atoms with Crippen LogP contribution in [0.5, 0.6) is 0 Å². The van der Waals surface area contributed by atoms with Crippen LogP contribution in [-0.2, 0) is 4.79 Å². The SMILES string of the molecule is NC(=O)[C@@H]1C[C@H]1c1ccc(Cl)c(Cl)c1. The molecule has 1 aliphatic rings. The zero-order valence-corrected chi connectivity index (χ0v) is 8.85. The Morgan fingerprint density at radius 1 is 1.36 bits per heavy atom. The van der Waals surface area contributed by atoms with E-state index in [9.17, 15) is 4.79 Å². The van der Waals surface area contributed by atoms with Crippen molar-refractivity contribution in [2.45, 2.75) is 12.3 Å². The average Bonchev–Trinajstić information content (AvgIpc) is 2.89. The van der Waals surface area contributed by atoms with Gasteiger partial charge in [-0.3, -0.25) is 4.79 Å². The standard InChI is InChI=1S/C10H9Cl2NO/c11-8-2-1-5(3-9(8)12)6-4-7(6)10(13)14/h1-3,6-7H,4H2,(H2,13,14)/t6-,7+/m0/s1. The van der Waals surface area contributed by atoms with Gasteiger partial charge in [-0.1, -0.05) is 29.3 Å². The molecule has 0 radical (unpaired) electrons. The van der Waals surface area contributed by atoms with Crippen molar-refractivity contribution in [1.29, 1.82) is 0 Å². The molecule has 74 valence electrons. The molecule has 0 unspecified atom stereocenters. The summed E-state index contributed by atoms with van der Waals surface area (Å²) in [6.45, 7) is 0. The van der Waals surface area contributed by atoms with Gasteiger partial charge < -0.3 is 5.73 Å². The van der Waals surface area contributed by atoms with Crippen molar-refractivity contribution in [2.24, 2.45) is 11.7 Å². The van der Waals surface area contributed by atoms with E-state index in [1.807, 2.05) is 6.07 Å². The summed E-state index contributed by atoms with van der Waals surface area (Å²) in [4.78, 5) is 10.9. The minimum absolute atomic E-state index is 0.0211. The minimum atomic E-state index is -0.235. The van der Waals surface area contributed by atoms with Gasteiger partial charge in [0, 0.05) is 5.92 Å². The van der Waals surface area contributed by atoms with Crippen LogP contribution < -0.4 is 5.73 Å². The number of nitrogens with two attached hydrogens (primary N) is 1. The smallest absolute Gasteiger partial charge is 0.221 e. The molecule has 14 heavy (non-hydrogen) atoms. The molecule has 2 atom stereocenters. The number of amides is 1. The van der Waals surface area contributed by atoms with Crippen molar-refractivity contribution in [3.8, 4) is 0 Å². The van der Waals surface area contributed by atoms with E-state index < -0.39 is 0 Å². The number of rotatable bonds is 2. The Bertz CT molecular complexity index is 392. The quantitative estimate of drug-likeness (QED) is 0.833. The molecule has 0 aliphatic heterocycles. The predicted molar refractivity (Wildman–Crippen MR) is 56.5 cm³/mol. The van der Waals surface area contributed by atoms with Crippen molar-refractivity contribution >= 4 is 29.1 Å². The Labute approximate surface area is 92.0 Å². The van der Waals surface area contributed by atoms with E-state index in [1.165, 1.54) is 0 Å². The second-order valence-corrected chi connectivity index (χ2v) is 4.34. The second kappa shape index (κ2) is 3.44. The maximum Gasteiger partial charge on any atom is 0.221 e. The third kappa shape index (κ3) is 1.72. The summed E-state index contributed by atoms with van der Waals surface area (Å²) in [6, 6.07) is 5.44. The molecule has 0 bridgehead atoms. The van der Waals surface area contributed by atoms with Gasteiger partial charge in [-0.15, -0.1) is 0 Å². The fourth-order valence-electron chi connectivity index (χ4n) is 1.62. The van der Waals surface area contributed by atoms with Crippen molar-refractivity contribution in [2.75, 3.05) is 0 Å². The van der Waals surface area contributed by atoms with Gasteiger partial charge in [0.05, 0.1) is 10.0 Å². The second-order valence-electron chi connectivity index (χ2n) is 3.52. The molecule has 1 amide bonds. The van der Waals surface area contributed by atoms with Crippen LogP contribution in [0.4, 0.5) is 0 Å². The molecule has 0 aromatic heterocycles. The summed E-state index contributed by atoms with van der Waals surface area (Å²) >= 11 is 11.6. The van der Waals surface area contributed by atoms with E-state index >= 15 is 0 Å². The Kier molecular flexibility index (Phi) is 2.41. The molecule has 2 N–H and O–H groups in total. The number of carbonyl (C=O) groups excluding carboxylic acids is 1. The molecule has 1 fully saturated rings. The summed E-state index contributed by atoms with van der Waals surface area (Å²) in [6.07, 6.45) is 0.827. The summed E-state index contributed by atoms with van der Waals surface area (Å²) in [5, 5.41) is 1.06. The first-order valence-corrected chi connectivity index (χ1v) is 5.09. The molecule has 1 saturated carbocycles. The average molecular weight is 230 g/mol. The highest BCUT2D eigenvalue weighted by Gasteiger charge is 2.42. The summed E-state index contributed by atoms with van der Waals surface area (Å²) < 4.78 is 0.